The molecule has 112 valence electrons. The first-order chi connectivity index (χ1) is 9.54. The van der Waals surface area contributed by atoms with Crippen LogP contribution in [-0.2, 0) is 6.54 Å². The zero-order chi connectivity index (χ0) is 14.5. The van der Waals surface area contributed by atoms with E-state index in [1.165, 1.54) is 38.2 Å². The Balaban J connectivity index is 1.82. The van der Waals surface area contributed by atoms with Crippen molar-refractivity contribution >= 4 is 11.6 Å². The molecule has 0 aromatic heterocycles. The minimum absolute atomic E-state index is 0.214. The summed E-state index contributed by atoms with van der Waals surface area (Å²) in [5, 5.41) is 3.82. The van der Waals surface area contributed by atoms with E-state index in [9.17, 15) is 4.39 Å². The van der Waals surface area contributed by atoms with Gasteiger partial charge in [0.2, 0.25) is 0 Å². The van der Waals surface area contributed by atoms with Crippen molar-refractivity contribution in [3.8, 4) is 0 Å². The summed E-state index contributed by atoms with van der Waals surface area (Å²) < 4.78 is 13.1. The molecule has 0 heterocycles. The molecule has 3 heteroatoms. The Hall–Kier alpha value is -0.600. The summed E-state index contributed by atoms with van der Waals surface area (Å²) >= 11 is 5.81. The molecule has 2 unspecified atom stereocenters. The largest absolute Gasteiger partial charge is 0.310 e. The van der Waals surface area contributed by atoms with Crippen molar-refractivity contribution in [3.05, 3.63) is 34.6 Å². The molecule has 0 radical (unpaired) electrons. The average molecular weight is 298 g/mol. The minimum Gasteiger partial charge on any atom is -0.310 e. The predicted octanol–water partition coefficient (Wildman–Crippen LogP) is 5.17. The maximum atomic E-state index is 13.1. The van der Waals surface area contributed by atoms with Gasteiger partial charge in [0.25, 0.3) is 0 Å². The maximum absolute atomic E-state index is 13.1. The van der Waals surface area contributed by atoms with E-state index in [4.69, 9.17) is 11.6 Å². The first-order valence-corrected chi connectivity index (χ1v) is 8.09. The van der Waals surface area contributed by atoms with E-state index in [2.05, 4.69) is 19.2 Å². The third-order valence-corrected chi connectivity index (χ3v) is 4.46. The van der Waals surface area contributed by atoms with Gasteiger partial charge in [-0.1, -0.05) is 44.4 Å². The van der Waals surface area contributed by atoms with E-state index >= 15 is 0 Å². The zero-order valence-electron chi connectivity index (χ0n) is 12.5. The summed E-state index contributed by atoms with van der Waals surface area (Å²) in [4.78, 5) is 0. The van der Waals surface area contributed by atoms with E-state index in [0.29, 0.717) is 6.04 Å². The number of benzene rings is 1. The number of halogens is 2. The summed E-state index contributed by atoms with van der Waals surface area (Å²) in [6, 6.07) is 5.57. The Morgan fingerprint density at radius 1 is 1.35 bits per heavy atom. The molecule has 2 atom stereocenters. The maximum Gasteiger partial charge on any atom is 0.141 e. The van der Waals surface area contributed by atoms with Gasteiger partial charge < -0.3 is 5.32 Å². The highest BCUT2D eigenvalue weighted by molar-refractivity contribution is 6.30. The van der Waals surface area contributed by atoms with Crippen LogP contribution in [-0.4, -0.2) is 6.04 Å². The highest BCUT2D eigenvalue weighted by Gasteiger charge is 2.22. The topological polar surface area (TPSA) is 12.0 Å². The summed E-state index contributed by atoms with van der Waals surface area (Å²) in [5.74, 6) is 1.30. The fourth-order valence-corrected chi connectivity index (χ4v) is 3.47. The van der Waals surface area contributed by atoms with Crippen molar-refractivity contribution in [1.82, 2.24) is 5.32 Å². The molecular weight excluding hydrogens is 273 g/mol. The second kappa shape index (κ2) is 7.42. The second-order valence-corrected chi connectivity index (χ2v) is 6.90. The van der Waals surface area contributed by atoms with Crippen LogP contribution in [0.5, 0.6) is 0 Å². The molecule has 1 fully saturated rings. The van der Waals surface area contributed by atoms with Crippen molar-refractivity contribution in [1.29, 1.82) is 0 Å². The standard InChI is InChI=1S/C17H25ClFN/c1-12(2)8-13-4-3-5-15(9-13)20-11-14-6-7-17(19)16(18)10-14/h6-7,10,12-13,15,20H,3-5,8-9,11H2,1-2H3. The summed E-state index contributed by atoms with van der Waals surface area (Å²) in [6.45, 7) is 5.38. The number of rotatable bonds is 5. The second-order valence-electron chi connectivity index (χ2n) is 6.49. The lowest BCUT2D eigenvalue weighted by Gasteiger charge is -2.31. The van der Waals surface area contributed by atoms with Crippen molar-refractivity contribution < 1.29 is 4.39 Å². The SMILES string of the molecule is CC(C)CC1CCCC(NCc2ccc(F)c(Cl)c2)C1. The highest BCUT2D eigenvalue weighted by Crippen LogP contribution is 2.29. The molecule has 0 amide bonds. The molecule has 1 N–H and O–H groups in total. The van der Waals surface area contributed by atoms with Crippen LogP contribution in [0.4, 0.5) is 4.39 Å². The van der Waals surface area contributed by atoms with Gasteiger partial charge in [-0.05, 0) is 48.8 Å². The molecule has 1 aliphatic rings. The van der Waals surface area contributed by atoms with Crippen LogP contribution in [0.2, 0.25) is 5.02 Å². The van der Waals surface area contributed by atoms with Gasteiger partial charge in [0.1, 0.15) is 5.82 Å². The van der Waals surface area contributed by atoms with Gasteiger partial charge in [-0.3, -0.25) is 0 Å². The lowest BCUT2D eigenvalue weighted by molar-refractivity contribution is 0.252. The van der Waals surface area contributed by atoms with E-state index < -0.39 is 0 Å². The molecule has 1 aromatic carbocycles. The first-order valence-electron chi connectivity index (χ1n) is 7.72. The third kappa shape index (κ3) is 4.75. The molecule has 0 bridgehead atoms. The molecule has 1 saturated carbocycles. The number of nitrogens with one attached hydrogen (secondary N) is 1. The molecule has 1 aromatic rings. The van der Waals surface area contributed by atoms with E-state index in [0.717, 1.165) is 23.9 Å². The Kier molecular flexibility index (Phi) is 5.86. The van der Waals surface area contributed by atoms with Crippen molar-refractivity contribution in [2.75, 3.05) is 0 Å². The third-order valence-electron chi connectivity index (χ3n) is 4.17. The van der Waals surface area contributed by atoms with E-state index in [-0.39, 0.29) is 10.8 Å². The fourth-order valence-electron chi connectivity index (χ4n) is 3.27. The van der Waals surface area contributed by atoms with E-state index in [1.807, 2.05) is 6.07 Å². The smallest absolute Gasteiger partial charge is 0.141 e. The minimum atomic E-state index is -0.343. The van der Waals surface area contributed by atoms with Crippen LogP contribution in [0, 0.1) is 17.7 Å². The van der Waals surface area contributed by atoms with Crippen LogP contribution in [0.25, 0.3) is 0 Å². The monoisotopic (exact) mass is 297 g/mol. The molecule has 1 aliphatic carbocycles. The van der Waals surface area contributed by atoms with Crippen molar-refractivity contribution in [2.45, 2.75) is 58.5 Å². The normalized spacial score (nSPS) is 23.2. The summed E-state index contributed by atoms with van der Waals surface area (Å²) in [6.07, 6.45) is 6.55. The molecule has 2 rings (SSSR count). The highest BCUT2D eigenvalue weighted by atomic mass is 35.5. The quantitative estimate of drug-likeness (QED) is 0.790. The van der Waals surface area contributed by atoms with Gasteiger partial charge in [0.15, 0.2) is 0 Å². The van der Waals surface area contributed by atoms with Crippen molar-refractivity contribution in [2.24, 2.45) is 11.8 Å². The summed E-state index contributed by atoms with van der Waals surface area (Å²) in [7, 11) is 0. The van der Waals surface area contributed by atoms with Crippen molar-refractivity contribution in [3.63, 3.8) is 0 Å². The van der Waals surface area contributed by atoms with Crippen LogP contribution >= 0.6 is 11.6 Å². The lowest BCUT2D eigenvalue weighted by Crippen LogP contribution is -2.34. The fraction of sp³-hybridized carbons (Fsp3) is 0.647. The first kappa shape index (κ1) is 15.8. The average Bonchev–Trinajstić information content (AvgIpc) is 2.40. The summed E-state index contributed by atoms with van der Waals surface area (Å²) in [5.41, 5.74) is 1.06. The Morgan fingerprint density at radius 2 is 2.15 bits per heavy atom. The van der Waals surface area contributed by atoms with Gasteiger partial charge in [0.05, 0.1) is 5.02 Å². The van der Waals surface area contributed by atoms with Gasteiger partial charge >= 0.3 is 0 Å². The van der Waals surface area contributed by atoms with Gasteiger partial charge in [-0.2, -0.15) is 0 Å². The van der Waals surface area contributed by atoms with Crippen LogP contribution < -0.4 is 5.32 Å². The predicted molar refractivity (Wildman–Crippen MR) is 83.5 cm³/mol. The van der Waals surface area contributed by atoms with Crippen LogP contribution in [0.3, 0.4) is 0 Å². The Morgan fingerprint density at radius 3 is 2.85 bits per heavy atom. The molecule has 0 aliphatic heterocycles. The molecular formula is C17H25ClFN. The zero-order valence-corrected chi connectivity index (χ0v) is 13.2. The van der Waals surface area contributed by atoms with Crippen LogP contribution in [0.15, 0.2) is 18.2 Å². The van der Waals surface area contributed by atoms with Gasteiger partial charge in [-0.15, -0.1) is 0 Å². The molecule has 1 nitrogen and oxygen atoms in total. The Bertz CT molecular complexity index is 433. The molecule has 20 heavy (non-hydrogen) atoms. The van der Waals surface area contributed by atoms with Crippen LogP contribution in [0.1, 0.15) is 51.5 Å². The Labute approximate surface area is 126 Å². The number of hydrogen-bond acceptors (Lipinski definition) is 1. The molecule has 0 spiro atoms. The number of hydrogen-bond donors (Lipinski definition) is 1. The lowest BCUT2D eigenvalue weighted by atomic mass is 9.81. The van der Waals surface area contributed by atoms with Gasteiger partial charge in [-0.25, -0.2) is 4.39 Å². The molecule has 0 saturated heterocycles. The van der Waals surface area contributed by atoms with Gasteiger partial charge in [0, 0.05) is 12.6 Å². The van der Waals surface area contributed by atoms with E-state index in [1.54, 1.807) is 6.07 Å².